The number of amides is 1. The minimum atomic E-state index is -0.0415. The summed E-state index contributed by atoms with van der Waals surface area (Å²) in [7, 11) is 0. The van der Waals surface area contributed by atoms with Crippen LogP contribution in [0.25, 0.3) is 10.7 Å². The Morgan fingerprint density at radius 2 is 2.04 bits per heavy atom. The lowest BCUT2D eigenvalue weighted by Crippen LogP contribution is -2.34. The van der Waals surface area contributed by atoms with Crippen LogP contribution < -0.4 is 4.90 Å². The van der Waals surface area contributed by atoms with Crippen LogP contribution in [0, 0.1) is 5.92 Å². The number of thiazole rings is 1. The van der Waals surface area contributed by atoms with Crippen molar-refractivity contribution in [3.63, 3.8) is 0 Å². The van der Waals surface area contributed by atoms with E-state index in [4.69, 9.17) is 0 Å². The second-order valence-corrected chi connectivity index (χ2v) is 7.97. The SMILES string of the molecule is CC1CSc2ccccc2N(C(=O)c2csc(-c3ccccn3)n2)C1. The molecule has 6 heteroatoms. The van der Waals surface area contributed by atoms with Crippen LogP contribution in [0.1, 0.15) is 17.4 Å². The molecule has 0 spiro atoms. The summed E-state index contributed by atoms with van der Waals surface area (Å²) in [4.78, 5) is 25.0. The van der Waals surface area contributed by atoms with Crippen molar-refractivity contribution in [2.45, 2.75) is 11.8 Å². The maximum absolute atomic E-state index is 13.1. The van der Waals surface area contributed by atoms with Crippen LogP contribution in [-0.4, -0.2) is 28.2 Å². The highest BCUT2D eigenvalue weighted by Crippen LogP contribution is 2.36. The lowest BCUT2D eigenvalue weighted by molar-refractivity contribution is 0.0980. The third-order valence-electron chi connectivity index (χ3n) is 4.03. The molecule has 1 unspecified atom stereocenters. The van der Waals surface area contributed by atoms with Gasteiger partial charge in [0.15, 0.2) is 0 Å². The molecule has 2 aromatic heterocycles. The number of thioether (sulfide) groups is 1. The highest BCUT2D eigenvalue weighted by molar-refractivity contribution is 7.99. The molecule has 126 valence electrons. The van der Waals surface area contributed by atoms with Crippen LogP contribution in [0.3, 0.4) is 0 Å². The first-order valence-electron chi connectivity index (χ1n) is 8.13. The van der Waals surface area contributed by atoms with E-state index in [1.54, 1.807) is 6.20 Å². The van der Waals surface area contributed by atoms with Crippen molar-refractivity contribution in [1.82, 2.24) is 9.97 Å². The van der Waals surface area contributed by atoms with E-state index in [1.165, 1.54) is 11.3 Å². The number of hydrogen-bond donors (Lipinski definition) is 0. The van der Waals surface area contributed by atoms with Gasteiger partial charge in [0.2, 0.25) is 0 Å². The van der Waals surface area contributed by atoms with E-state index in [-0.39, 0.29) is 5.91 Å². The molecular formula is C19H17N3OS2. The highest BCUT2D eigenvalue weighted by atomic mass is 32.2. The van der Waals surface area contributed by atoms with Crippen molar-refractivity contribution in [3.05, 3.63) is 59.7 Å². The summed E-state index contributed by atoms with van der Waals surface area (Å²) in [5.41, 5.74) is 2.26. The van der Waals surface area contributed by atoms with Gasteiger partial charge >= 0.3 is 0 Å². The van der Waals surface area contributed by atoms with Crippen LogP contribution in [0.15, 0.2) is 58.9 Å². The van der Waals surface area contributed by atoms with Gasteiger partial charge in [0.1, 0.15) is 10.7 Å². The summed E-state index contributed by atoms with van der Waals surface area (Å²) in [6.45, 7) is 2.89. The van der Waals surface area contributed by atoms with Crippen molar-refractivity contribution in [3.8, 4) is 10.7 Å². The fourth-order valence-electron chi connectivity index (χ4n) is 2.81. The second-order valence-electron chi connectivity index (χ2n) is 6.05. The Bertz CT molecular complexity index is 894. The first-order chi connectivity index (χ1) is 12.2. The lowest BCUT2D eigenvalue weighted by Gasteiger charge is -2.23. The molecule has 4 nitrogen and oxygen atoms in total. The van der Waals surface area contributed by atoms with Crippen LogP contribution in [0.4, 0.5) is 5.69 Å². The monoisotopic (exact) mass is 367 g/mol. The van der Waals surface area contributed by atoms with Crippen molar-refractivity contribution < 1.29 is 4.79 Å². The summed E-state index contributed by atoms with van der Waals surface area (Å²) >= 11 is 3.27. The number of anilines is 1. The summed E-state index contributed by atoms with van der Waals surface area (Å²) in [6.07, 6.45) is 1.74. The standard InChI is InChI=1S/C19H17N3OS2/c1-13-10-22(16-7-2-3-8-17(16)24-11-13)19(23)15-12-25-18(21-15)14-6-4-5-9-20-14/h2-9,12-13H,10-11H2,1H3. The molecule has 1 aliphatic rings. The third-order valence-corrected chi connectivity index (χ3v) is 6.28. The number of fused-ring (bicyclic) bond motifs is 1. The van der Waals surface area contributed by atoms with E-state index < -0.39 is 0 Å². The van der Waals surface area contributed by atoms with E-state index >= 15 is 0 Å². The summed E-state index contributed by atoms with van der Waals surface area (Å²) in [5, 5.41) is 2.60. The molecule has 0 fully saturated rings. The smallest absolute Gasteiger partial charge is 0.277 e. The van der Waals surface area contributed by atoms with Gasteiger partial charge in [-0.05, 0) is 30.2 Å². The van der Waals surface area contributed by atoms with Crippen LogP contribution in [0.5, 0.6) is 0 Å². The molecule has 3 heterocycles. The zero-order chi connectivity index (χ0) is 17.2. The Kier molecular flexibility index (Phi) is 4.55. The van der Waals surface area contributed by atoms with Gasteiger partial charge < -0.3 is 4.90 Å². The Morgan fingerprint density at radius 1 is 1.20 bits per heavy atom. The van der Waals surface area contributed by atoms with Crippen LogP contribution in [-0.2, 0) is 0 Å². The van der Waals surface area contributed by atoms with E-state index in [0.29, 0.717) is 18.2 Å². The van der Waals surface area contributed by atoms with Gasteiger partial charge in [-0.1, -0.05) is 25.1 Å². The quantitative estimate of drug-likeness (QED) is 0.664. The fourth-order valence-corrected chi connectivity index (χ4v) is 4.65. The molecule has 0 aliphatic carbocycles. The maximum Gasteiger partial charge on any atom is 0.277 e. The molecule has 0 saturated heterocycles. The van der Waals surface area contributed by atoms with Crippen molar-refractivity contribution in [2.24, 2.45) is 5.92 Å². The van der Waals surface area contributed by atoms with Crippen LogP contribution >= 0.6 is 23.1 Å². The highest BCUT2D eigenvalue weighted by Gasteiger charge is 2.27. The third kappa shape index (κ3) is 3.32. The van der Waals surface area contributed by atoms with Gasteiger partial charge in [0.25, 0.3) is 5.91 Å². The van der Waals surface area contributed by atoms with Gasteiger partial charge in [0.05, 0.1) is 11.4 Å². The minimum absolute atomic E-state index is 0.0415. The molecule has 25 heavy (non-hydrogen) atoms. The number of rotatable bonds is 2. The van der Waals surface area contributed by atoms with Gasteiger partial charge in [-0.25, -0.2) is 4.98 Å². The Morgan fingerprint density at radius 3 is 2.88 bits per heavy atom. The molecule has 1 aliphatic heterocycles. The van der Waals surface area contributed by atoms with Gasteiger partial charge in [-0.15, -0.1) is 23.1 Å². The molecular weight excluding hydrogens is 350 g/mol. The van der Waals surface area contributed by atoms with E-state index in [0.717, 1.165) is 27.0 Å². The number of benzene rings is 1. The molecule has 0 radical (unpaired) electrons. The summed E-state index contributed by atoms with van der Waals surface area (Å²) in [6, 6.07) is 13.8. The second kappa shape index (κ2) is 6.98. The minimum Gasteiger partial charge on any atom is -0.306 e. The number of nitrogens with zero attached hydrogens (tertiary/aromatic N) is 3. The zero-order valence-electron chi connectivity index (χ0n) is 13.8. The van der Waals surface area contributed by atoms with Crippen LogP contribution in [0.2, 0.25) is 0 Å². The van der Waals surface area contributed by atoms with Crippen molar-refractivity contribution in [1.29, 1.82) is 0 Å². The largest absolute Gasteiger partial charge is 0.306 e. The molecule has 0 N–H and O–H groups in total. The molecule has 1 atom stereocenters. The van der Waals surface area contributed by atoms with E-state index in [2.05, 4.69) is 23.0 Å². The Balaban J connectivity index is 1.68. The fraction of sp³-hybridized carbons (Fsp3) is 0.211. The van der Waals surface area contributed by atoms with E-state index in [9.17, 15) is 4.79 Å². The normalized spacial score (nSPS) is 17.0. The zero-order valence-corrected chi connectivity index (χ0v) is 15.4. The molecule has 0 saturated carbocycles. The van der Waals surface area contributed by atoms with Crippen molar-refractivity contribution in [2.75, 3.05) is 17.2 Å². The molecule has 1 amide bonds. The number of para-hydroxylation sites is 1. The summed E-state index contributed by atoms with van der Waals surface area (Å²) < 4.78 is 0. The number of carbonyl (C=O) groups excluding carboxylic acids is 1. The first kappa shape index (κ1) is 16.3. The van der Waals surface area contributed by atoms with Gasteiger partial charge in [-0.3, -0.25) is 9.78 Å². The number of pyridine rings is 1. The number of hydrogen-bond acceptors (Lipinski definition) is 5. The van der Waals surface area contributed by atoms with Crippen molar-refractivity contribution >= 4 is 34.7 Å². The average Bonchev–Trinajstić information content (AvgIpc) is 3.09. The lowest BCUT2D eigenvalue weighted by atomic mass is 10.1. The Hall–Kier alpha value is -2.18. The topological polar surface area (TPSA) is 46.1 Å². The number of aromatic nitrogens is 2. The van der Waals surface area contributed by atoms with Gasteiger partial charge in [-0.2, -0.15) is 0 Å². The number of carbonyl (C=O) groups is 1. The average molecular weight is 367 g/mol. The van der Waals surface area contributed by atoms with Gasteiger partial charge in [0, 0.05) is 28.8 Å². The predicted octanol–water partition coefficient (Wildman–Crippen LogP) is 4.59. The molecule has 4 rings (SSSR count). The predicted molar refractivity (Wildman–Crippen MR) is 103 cm³/mol. The molecule has 1 aromatic carbocycles. The Labute approximate surface area is 154 Å². The maximum atomic E-state index is 13.1. The summed E-state index contributed by atoms with van der Waals surface area (Å²) in [5.74, 6) is 1.40. The first-order valence-corrected chi connectivity index (χ1v) is 9.99. The van der Waals surface area contributed by atoms with E-state index in [1.807, 2.05) is 58.4 Å². The molecule has 3 aromatic rings. The molecule has 0 bridgehead atoms.